The molecule has 0 unspecified atom stereocenters. The van der Waals surface area contributed by atoms with E-state index in [-0.39, 0.29) is 30.6 Å². The van der Waals surface area contributed by atoms with E-state index in [1.165, 1.54) is 6.26 Å². The average molecular weight is 409 g/mol. The Morgan fingerprint density at radius 1 is 1.20 bits per heavy atom. The lowest BCUT2D eigenvalue weighted by Crippen LogP contribution is -2.40. The second-order valence-corrected chi connectivity index (χ2v) is 7.22. The molecule has 2 aromatic carbocycles. The van der Waals surface area contributed by atoms with E-state index in [4.69, 9.17) is 13.9 Å². The summed E-state index contributed by atoms with van der Waals surface area (Å²) in [5.74, 6) is 0.985. The van der Waals surface area contributed by atoms with Gasteiger partial charge >= 0.3 is 0 Å². The third-order valence-electron chi connectivity index (χ3n) is 5.42. The summed E-state index contributed by atoms with van der Waals surface area (Å²) in [4.78, 5) is 26.9. The summed E-state index contributed by atoms with van der Waals surface area (Å²) in [5.41, 5.74) is 1.43. The van der Waals surface area contributed by atoms with Crippen molar-refractivity contribution in [3.63, 3.8) is 0 Å². The third-order valence-corrected chi connectivity index (χ3v) is 5.42. The molecule has 7 heteroatoms. The number of hydrogen-bond donors (Lipinski definition) is 1. The van der Waals surface area contributed by atoms with E-state index in [1.807, 2.05) is 0 Å². The minimum Gasteiger partial charge on any atom is -0.497 e. The van der Waals surface area contributed by atoms with Crippen LogP contribution in [0.3, 0.4) is 0 Å². The normalized spacial score (nSPS) is 16.1. The number of benzene rings is 2. The van der Waals surface area contributed by atoms with Crippen LogP contribution in [0.15, 0.2) is 57.9 Å². The fourth-order valence-electron chi connectivity index (χ4n) is 3.75. The Hall–Kier alpha value is -3.32. The quantitative estimate of drug-likeness (QED) is 0.674. The number of aliphatic hydroxyl groups is 1. The molecule has 1 aromatic heterocycles. The van der Waals surface area contributed by atoms with Gasteiger partial charge in [-0.25, -0.2) is 0 Å². The maximum absolute atomic E-state index is 12.9. The molecule has 1 aliphatic heterocycles. The first-order chi connectivity index (χ1) is 14.6. The Balaban J connectivity index is 1.52. The molecule has 30 heavy (non-hydrogen) atoms. The van der Waals surface area contributed by atoms with E-state index >= 15 is 0 Å². The van der Waals surface area contributed by atoms with Gasteiger partial charge in [0.1, 0.15) is 23.3 Å². The lowest BCUT2D eigenvalue weighted by Gasteiger charge is -2.22. The molecule has 1 aliphatic rings. The predicted molar refractivity (Wildman–Crippen MR) is 112 cm³/mol. The van der Waals surface area contributed by atoms with Crippen LogP contribution in [0.25, 0.3) is 22.1 Å². The monoisotopic (exact) mass is 409 g/mol. The molecule has 0 spiro atoms. The van der Waals surface area contributed by atoms with Crippen LogP contribution in [0.4, 0.5) is 0 Å². The molecule has 1 saturated heterocycles. The second kappa shape index (κ2) is 8.59. The summed E-state index contributed by atoms with van der Waals surface area (Å²) in [5, 5.41) is 9.80. The van der Waals surface area contributed by atoms with E-state index in [1.54, 1.807) is 54.5 Å². The highest BCUT2D eigenvalue weighted by atomic mass is 16.5. The van der Waals surface area contributed by atoms with E-state index in [2.05, 4.69) is 0 Å². The van der Waals surface area contributed by atoms with Crippen LogP contribution in [0.5, 0.6) is 11.5 Å². The Kier molecular flexibility index (Phi) is 5.72. The van der Waals surface area contributed by atoms with Gasteiger partial charge in [-0.2, -0.15) is 0 Å². The van der Waals surface area contributed by atoms with E-state index in [9.17, 15) is 14.7 Å². The molecule has 0 aliphatic carbocycles. The van der Waals surface area contributed by atoms with Gasteiger partial charge in [-0.05, 0) is 42.7 Å². The van der Waals surface area contributed by atoms with Crippen molar-refractivity contribution >= 4 is 16.9 Å². The third kappa shape index (κ3) is 3.89. The molecule has 0 bridgehead atoms. The van der Waals surface area contributed by atoms with E-state index < -0.39 is 0 Å². The summed E-state index contributed by atoms with van der Waals surface area (Å²) in [7, 11) is 1.59. The van der Waals surface area contributed by atoms with Crippen molar-refractivity contribution < 1.29 is 23.8 Å². The molecule has 1 N–H and O–H groups in total. The van der Waals surface area contributed by atoms with Gasteiger partial charge in [0.15, 0.2) is 12.0 Å². The fraction of sp³-hybridized carbons (Fsp3) is 0.304. The van der Waals surface area contributed by atoms with Crippen LogP contribution in [0, 0.1) is 0 Å². The van der Waals surface area contributed by atoms with Crippen molar-refractivity contribution in [2.45, 2.75) is 18.9 Å². The van der Waals surface area contributed by atoms with Crippen molar-refractivity contribution in [2.24, 2.45) is 0 Å². The molecule has 156 valence electrons. The minimum atomic E-state index is -0.164. The Labute approximate surface area is 173 Å². The first-order valence-electron chi connectivity index (χ1n) is 9.84. The number of aliphatic hydroxyl groups excluding tert-OH is 1. The topological polar surface area (TPSA) is 89.2 Å². The van der Waals surface area contributed by atoms with Gasteiger partial charge < -0.3 is 23.9 Å². The van der Waals surface area contributed by atoms with Gasteiger partial charge in [0.05, 0.1) is 30.7 Å². The van der Waals surface area contributed by atoms with Crippen LogP contribution in [0.1, 0.15) is 12.8 Å². The summed E-state index contributed by atoms with van der Waals surface area (Å²) < 4.78 is 16.4. The van der Waals surface area contributed by atoms with Crippen LogP contribution in [-0.2, 0) is 4.79 Å². The molecular formula is C23H23NO6. The summed E-state index contributed by atoms with van der Waals surface area (Å²) in [6, 6.07) is 11.9. The lowest BCUT2D eigenvalue weighted by molar-refractivity contribution is -0.134. The number of methoxy groups -OCH3 is 1. The van der Waals surface area contributed by atoms with Crippen molar-refractivity contribution in [1.82, 2.24) is 4.90 Å². The lowest BCUT2D eigenvalue weighted by atomic mass is 10.1. The van der Waals surface area contributed by atoms with Crippen LogP contribution >= 0.6 is 0 Å². The van der Waals surface area contributed by atoms with Gasteiger partial charge in [0.2, 0.25) is 0 Å². The number of hydrogen-bond acceptors (Lipinski definition) is 6. The summed E-state index contributed by atoms with van der Waals surface area (Å²) in [6.45, 7) is 0.466. The molecule has 3 aromatic rings. The van der Waals surface area contributed by atoms with Crippen molar-refractivity contribution in [3.8, 4) is 22.6 Å². The van der Waals surface area contributed by atoms with Gasteiger partial charge in [0.25, 0.3) is 5.91 Å². The zero-order valence-electron chi connectivity index (χ0n) is 16.7. The molecule has 4 rings (SSSR count). The number of likely N-dealkylation sites (tertiary alicyclic amines) is 1. The van der Waals surface area contributed by atoms with E-state index in [0.29, 0.717) is 34.6 Å². The summed E-state index contributed by atoms with van der Waals surface area (Å²) in [6.07, 6.45) is 3.12. The molecule has 7 nitrogen and oxygen atoms in total. The van der Waals surface area contributed by atoms with Crippen molar-refractivity contribution in [1.29, 1.82) is 0 Å². The smallest absolute Gasteiger partial charge is 0.260 e. The van der Waals surface area contributed by atoms with Crippen molar-refractivity contribution in [2.75, 3.05) is 26.9 Å². The van der Waals surface area contributed by atoms with Crippen LogP contribution in [-0.4, -0.2) is 48.8 Å². The minimum absolute atomic E-state index is 0.0383. The molecule has 1 atom stereocenters. The molecule has 0 radical (unpaired) electrons. The first kappa shape index (κ1) is 20.0. The number of carbonyl (C=O) groups excluding carboxylic acids is 1. The highest BCUT2D eigenvalue weighted by Gasteiger charge is 2.28. The molecule has 0 saturated carbocycles. The molecular weight excluding hydrogens is 386 g/mol. The second-order valence-electron chi connectivity index (χ2n) is 7.22. The Morgan fingerprint density at radius 3 is 2.70 bits per heavy atom. The van der Waals surface area contributed by atoms with Crippen LogP contribution in [0.2, 0.25) is 0 Å². The largest absolute Gasteiger partial charge is 0.497 e. The predicted octanol–water partition coefficient (Wildman–Crippen LogP) is 2.83. The van der Waals surface area contributed by atoms with Crippen LogP contribution < -0.4 is 14.9 Å². The standard InChI is InChI=1S/C23H23NO6/c1-28-17-6-4-15(5-7-17)20-13-30-21-11-18(8-9-19(21)23(20)27)29-14-22(26)24-10-2-3-16(24)12-25/h4-9,11,13,16,25H,2-3,10,12,14H2,1H3/t16-/m0/s1. The maximum atomic E-state index is 12.9. The van der Waals surface area contributed by atoms with Gasteiger partial charge in [-0.1, -0.05) is 12.1 Å². The first-order valence-corrected chi connectivity index (χ1v) is 9.84. The summed E-state index contributed by atoms with van der Waals surface area (Å²) >= 11 is 0. The highest BCUT2D eigenvalue weighted by Crippen LogP contribution is 2.25. The zero-order valence-corrected chi connectivity index (χ0v) is 16.7. The number of carbonyl (C=O) groups is 1. The maximum Gasteiger partial charge on any atom is 0.260 e. The van der Waals surface area contributed by atoms with Gasteiger partial charge in [0, 0.05) is 12.6 Å². The number of rotatable bonds is 6. The molecule has 1 amide bonds. The fourth-order valence-corrected chi connectivity index (χ4v) is 3.75. The number of nitrogens with zero attached hydrogens (tertiary/aromatic N) is 1. The highest BCUT2D eigenvalue weighted by molar-refractivity contribution is 5.83. The molecule has 1 fully saturated rings. The average Bonchev–Trinajstić information content (AvgIpc) is 3.27. The number of ether oxygens (including phenoxy) is 2. The molecule has 2 heterocycles. The van der Waals surface area contributed by atoms with Gasteiger partial charge in [-0.3, -0.25) is 9.59 Å². The Morgan fingerprint density at radius 2 is 1.97 bits per heavy atom. The Bertz CT molecular complexity index is 1100. The van der Waals surface area contributed by atoms with Gasteiger partial charge in [-0.15, -0.1) is 0 Å². The van der Waals surface area contributed by atoms with E-state index in [0.717, 1.165) is 18.4 Å². The SMILES string of the molecule is COc1ccc(-c2coc3cc(OCC(=O)N4CCC[C@H]4CO)ccc3c2=O)cc1. The van der Waals surface area contributed by atoms with Crippen molar-refractivity contribution in [3.05, 3.63) is 59.0 Å². The number of amides is 1. The number of fused-ring (bicyclic) bond motifs is 1. The zero-order chi connectivity index (χ0) is 21.1.